The average Bonchev–Trinajstić information content (AvgIpc) is 3.43. The first-order chi connectivity index (χ1) is 15.9. The van der Waals surface area contributed by atoms with Gasteiger partial charge in [0.05, 0.1) is 23.8 Å². The summed E-state index contributed by atoms with van der Waals surface area (Å²) in [5, 5.41) is 21.7. The fourth-order valence-corrected chi connectivity index (χ4v) is 4.96. The Labute approximate surface area is 192 Å². The largest absolute Gasteiger partial charge is 0.478 e. The Bertz CT molecular complexity index is 1170. The Morgan fingerprint density at radius 2 is 2.06 bits per heavy atom. The number of carboxylic acids is 1. The van der Waals surface area contributed by atoms with Gasteiger partial charge in [0, 0.05) is 23.4 Å². The van der Waals surface area contributed by atoms with E-state index in [4.69, 9.17) is 4.74 Å². The molecule has 1 fully saturated rings. The maximum Gasteiger partial charge on any atom is 0.335 e. The van der Waals surface area contributed by atoms with Crippen LogP contribution >= 0.6 is 0 Å². The van der Waals surface area contributed by atoms with Gasteiger partial charge in [0.2, 0.25) is 5.91 Å². The number of anilines is 1. The summed E-state index contributed by atoms with van der Waals surface area (Å²) in [6.07, 6.45) is 3.78. The van der Waals surface area contributed by atoms with Crippen LogP contribution in [0.15, 0.2) is 36.4 Å². The second-order valence-corrected chi connectivity index (χ2v) is 8.72. The molecule has 1 spiro atoms. The number of rotatable bonds is 8. The molecular formula is C26H26N2O5. The van der Waals surface area contributed by atoms with E-state index < -0.39 is 5.97 Å². The van der Waals surface area contributed by atoms with Gasteiger partial charge in [0.1, 0.15) is 0 Å². The summed E-state index contributed by atoms with van der Waals surface area (Å²) in [7, 11) is 0. The minimum atomic E-state index is -0.970. The van der Waals surface area contributed by atoms with Crippen molar-refractivity contribution in [2.75, 3.05) is 11.9 Å². The molecule has 170 valence electrons. The fraction of sp³-hybridized carbons (Fsp3) is 0.385. The van der Waals surface area contributed by atoms with Crippen LogP contribution in [0.25, 0.3) is 0 Å². The van der Waals surface area contributed by atoms with Crippen LogP contribution < -0.4 is 5.32 Å². The molecule has 0 radical (unpaired) electrons. The van der Waals surface area contributed by atoms with Gasteiger partial charge < -0.3 is 15.2 Å². The molecule has 0 bridgehead atoms. The predicted octanol–water partition coefficient (Wildman–Crippen LogP) is 3.98. The zero-order valence-electron chi connectivity index (χ0n) is 18.5. The van der Waals surface area contributed by atoms with Crippen LogP contribution in [0.2, 0.25) is 0 Å². The Hall–Kier alpha value is -3.66. The zero-order chi connectivity index (χ0) is 23.6. The van der Waals surface area contributed by atoms with E-state index in [1.165, 1.54) is 0 Å². The van der Waals surface area contributed by atoms with Crippen LogP contribution in [0, 0.1) is 17.2 Å². The fourth-order valence-electron chi connectivity index (χ4n) is 4.96. The third kappa shape index (κ3) is 4.47. The highest BCUT2D eigenvalue weighted by molar-refractivity contribution is 5.97. The van der Waals surface area contributed by atoms with Crippen molar-refractivity contribution in [3.63, 3.8) is 0 Å². The Morgan fingerprint density at radius 1 is 1.24 bits per heavy atom. The molecule has 0 aliphatic heterocycles. The van der Waals surface area contributed by atoms with Crippen molar-refractivity contribution in [1.82, 2.24) is 0 Å². The molecule has 2 aliphatic rings. The Kier molecular flexibility index (Phi) is 6.19. The number of nitrogens with zero attached hydrogens (tertiary/aromatic N) is 1. The van der Waals surface area contributed by atoms with E-state index in [1.807, 2.05) is 12.1 Å². The van der Waals surface area contributed by atoms with Gasteiger partial charge >= 0.3 is 11.9 Å². The number of nitriles is 1. The van der Waals surface area contributed by atoms with E-state index in [9.17, 15) is 24.8 Å². The van der Waals surface area contributed by atoms with Crippen LogP contribution in [0.5, 0.6) is 0 Å². The van der Waals surface area contributed by atoms with Crippen molar-refractivity contribution in [1.29, 1.82) is 5.26 Å². The van der Waals surface area contributed by atoms with Crippen molar-refractivity contribution in [2.45, 2.75) is 50.9 Å². The third-order valence-corrected chi connectivity index (χ3v) is 6.75. The summed E-state index contributed by atoms with van der Waals surface area (Å²) in [6.45, 7) is 2.11. The van der Waals surface area contributed by atoms with E-state index >= 15 is 0 Å². The lowest BCUT2D eigenvalue weighted by molar-refractivity contribution is -0.143. The number of hydrogen-bond acceptors (Lipinski definition) is 5. The summed E-state index contributed by atoms with van der Waals surface area (Å²) in [5.74, 6) is -1.58. The van der Waals surface area contributed by atoms with Gasteiger partial charge in [-0.2, -0.15) is 5.26 Å². The molecule has 2 aliphatic carbocycles. The van der Waals surface area contributed by atoms with E-state index in [2.05, 4.69) is 11.4 Å². The first-order valence-corrected chi connectivity index (χ1v) is 11.2. The summed E-state index contributed by atoms with van der Waals surface area (Å²) in [5.41, 5.74) is 3.92. The first kappa shape index (κ1) is 22.5. The standard InChI is InChI=1S/C26H26N2O5/c1-2-33-23(29)5-3-4-18-7-6-16(15-27)12-22(18)28-24(30)21-14-26(21)11-10-17-8-9-19(25(31)32)13-20(17)26/h6-9,12-13,21H,2-5,10-11,14H2,1H3,(H,28,30)(H,31,32). The average molecular weight is 447 g/mol. The Morgan fingerprint density at radius 3 is 2.79 bits per heavy atom. The number of ether oxygens (including phenoxy) is 1. The lowest BCUT2D eigenvalue weighted by Gasteiger charge is -2.15. The molecule has 33 heavy (non-hydrogen) atoms. The lowest BCUT2D eigenvalue weighted by atomic mass is 9.93. The molecule has 2 atom stereocenters. The van der Waals surface area contributed by atoms with Crippen LogP contribution in [-0.2, 0) is 32.6 Å². The van der Waals surface area contributed by atoms with Crippen LogP contribution in [0.4, 0.5) is 5.69 Å². The smallest absolute Gasteiger partial charge is 0.335 e. The van der Waals surface area contributed by atoms with Crippen LogP contribution in [-0.4, -0.2) is 29.6 Å². The monoisotopic (exact) mass is 446 g/mol. The molecular weight excluding hydrogens is 420 g/mol. The van der Waals surface area contributed by atoms with Gasteiger partial charge in [-0.3, -0.25) is 9.59 Å². The van der Waals surface area contributed by atoms with Crippen molar-refractivity contribution >= 4 is 23.5 Å². The van der Waals surface area contributed by atoms with E-state index in [0.717, 1.165) is 29.5 Å². The molecule has 0 heterocycles. The highest BCUT2D eigenvalue weighted by Gasteiger charge is 2.61. The third-order valence-electron chi connectivity index (χ3n) is 6.75. The normalized spacial score (nSPS) is 20.1. The first-order valence-electron chi connectivity index (χ1n) is 11.2. The second kappa shape index (κ2) is 9.07. The number of esters is 1. The summed E-state index contributed by atoms with van der Waals surface area (Å²) in [4.78, 5) is 36.2. The van der Waals surface area contributed by atoms with Crippen molar-refractivity contribution in [3.05, 3.63) is 64.2 Å². The number of carbonyl (C=O) groups excluding carboxylic acids is 2. The summed E-state index contributed by atoms with van der Waals surface area (Å²) in [6, 6.07) is 12.5. The highest BCUT2D eigenvalue weighted by atomic mass is 16.5. The van der Waals surface area contributed by atoms with E-state index in [-0.39, 0.29) is 35.2 Å². The number of carboxylic acid groups (broad SMARTS) is 1. The van der Waals surface area contributed by atoms with E-state index in [1.54, 1.807) is 31.2 Å². The molecule has 7 nitrogen and oxygen atoms in total. The summed E-state index contributed by atoms with van der Waals surface area (Å²) >= 11 is 0. The molecule has 1 amide bonds. The van der Waals surface area contributed by atoms with Gasteiger partial charge in [-0.05, 0) is 80.0 Å². The lowest BCUT2D eigenvalue weighted by Crippen LogP contribution is -2.21. The minimum absolute atomic E-state index is 0.120. The van der Waals surface area contributed by atoms with Crippen molar-refractivity contribution in [3.8, 4) is 6.07 Å². The number of carbonyl (C=O) groups is 3. The number of aryl methyl sites for hydroxylation is 2. The molecule has 2 N–H and O–H groups in total. The molecule has 0 aromatic heterocycles. The molecule has 4 rings (SSSR count). The summed E-state index contributed by atoms with van der Waals surface area (Å²) < 4.78 is 4.97. The van der Waals surface area contributed by atoms with Gasteiger partial charge in [-0.1, -0.05) is 12.1 Å². The van der Waals surface area contributed by atoms with Crippen molar-refractivity contribution < 1.29 is 24.2 Å². The molecule has 2 unspecified atom stereocenters. The quantitative estimate of drug-likeness (QED) is 0.593. The number of fused-ring (bicyclic) bond motifs is 2. The number of nitrogens with one attached hydrogen (secondary N) is 1. The van der Waals surface area contributed by atoms with Crippen molar-refractivity contribution in [2.24, 2.45) is 5.92 Å². The maximum atomic E-state index is 13.2. The molecule has 0 saturated heterocycles. The number of benzene rings is 2. The van der Waals surface area contributed by atoms with Gasteiger partial charge in [-0.25, -0.2) is 4.79 Å². The number of aromatic carboxylic acids is 1. The van der Waals surface area contributed by atoms with Gasteiger partial charge in [0.25, 0.3) is 0 Å². The van der Waals surface area contributed by atoms with Crippen LogP contribution in [0.1, 0.15) is 65.2 Å². The molecule has 2 aromatic rings. The SMILES string of the molecule is CCOC(=O)CCCc1ccc(C#N)cc1NC(=O)C1CC12CCc1ccc(C(=O)O)cc12. The number of amides is 1. The molecule has 2 aromatic carbocycles. The topological polar surface area (TPSA) is 116 Å². The highest BCUT2D eigenvalue weighted by Crippen LogP contribution is 2.61. The number of hydrogen-bond donors (Lipinski definition) is 2. The maximum absolute atomic E-state index is 13.2. The van der Waals surface area contributed by atoms with Crippen LogP contribution in [0.3, 0.4) is 0 Å². The minimum Gasteiger partial charge on any atom is -0.478 e. The van der Waals surface area contributed by atoms with E-state index in [0.29, 0.717) is 37.1 Å². The second-order valence-electron chi connectivity index (χ2n) is 8.72. The predicted molar refractivity (Wildman–Crippen MR) is 121 cm³/mol. The Balaban J connectivity index is 1.49. The molecule has 7 heteroatoms. The molecule has 1 saturated carbocycles. The van der Waals surface area contributed by atoms with Gasteiger partial charge in [-0.15, -0.1) is 0 Å². The zero-order valence-corrected chi connectivity index (χ0v) is 18.5. The van der Waals surface area contributed by atoms with Gasteiger partial charge in [0.15, 0.2) is 0 Å².